The third kappa shape index (κ3) is 5.61. The number of carbonyl (C=O) groups excluding carboxylic acids is 1. The number of nitrogens with zero attached hydrogens (tertiary/aromatic N) is 4. The number of aromatic nitrogens is 2. The van der Waals surface area contributed by atoms with Crippen LogP contribution in [0, 0.1) is 5.82 Å². The molecule has 0 spiro atoms. The minimum Gasteiger partial charge on any atom is -0.366 e. The van der Waals surface area contributed by atoms with E-state index in [0.717, 1.165) is 30.6 Å². The van der Waals surface area contributed by atoms with Crippen LogP contribution < -0.4 is 10.2 Å². The lowest BCUT2D eigenvalue weighted by atomic mass is 10.2. The highest BCUT2D eigenvalue weighted by Gasteiger charge is 2.22. The predicted octanol–water partition coefficient (Wildman–Crippen LogP) is 4.18. The summed E-state index contributed by atoms with van der Waals surface area (Å²) in [7, 11) is 0. The average molecular weight is 444 g/mol. The molecular formula is C22H26FN5O2S. The van der Waals surface area contributed by atoms with Crippen LogP contribution in [0.5, 0.6) is 0 Å². The molecule has 1 aliphatic heterocycles. The van der Waals surface area contributed by atoms with E-state index >= 15 is 0 Å². The first kappa shape index (κ1) is 21.3. The first-order valence-electron chi connectivity index (χ1n) is 10.6. The Hall–Kier alpha value is -2.94. The Morgan fingerprint density at radius 3 is 2.71 bits per heavy atom. The Morgan fingerprint density at radius 1 is 1.10 bits per heavy atom. The van der Waals surface area contributed by atoms with Crippen LogP contribution in [0.1, 0.15) is 25.2 Å². The number of thiophene rings is 1. The standard InChI is InChI=1S/C22H26FN5O2S/c23-17-7-3-4-8-18(17)27-12-14-28(15-13-27)22(29)24-11-5-1-2-10-20-25-21(26-30-20)19-9-6-16-31-19/h3-4,6-9,16H,1-2,5,10-15H2,(H,24,29). The van der Waals surface area contributed by atoms with Gasteiger partial charge in [-0.2, -0.15) is 4.98 Å². The van der Waals surface area contributed by atoms with Gasteiger partial charge in [0.1, 0.15) is 5.82 Å². The largest absolute Gasteiger partial charge is 0.366 e. The molecule has 3 heterocycles. The zero-order valence-electron chi connectivity index (χ0n) is 17.3. The van der Waals surface area contributed by atoms with E-state index in [9.17, 15) is 9.18 Å². The van der Waals surface area contributed by atoms with Crippen molar-refractivity contribution in [1.82, 2.24) is 20.4 Å². The monoisotopic (exact) mass is 443 g/mol. The van der Waals surface area contributed by atoms with Gasteiger partial charge < -0.3 is 19.6 Å². The number of benzene rings is 1. The number of unbranched alkanes of at least 4 members (excludes halogenated alkanes) is 2. The molecular weight excluding hydrogens is 417 g/mol. The number of carbonyl (C=O) groups is 1. The third-order valence-corrected chi connectivity index (χ3v) is 6.18. The SMILES string of the molecule is O=C(NCCCCCc1nc(-c2cccs2)no1)N1CCN(c2ccccc2F)CC1. The minimum atomic E-state index is -0.219. The van der Waals surface area contributed by atoms with Crippen molar-refractivity contribution >= 4 is 23.1 Å². The average Bonchev–Trinajstić information content (AvgIpc) is 3.48. The molecule has 3 aromatic rings. The van der Waals surface area contributed by atoms with Gasteiger partial charge in [0, 0.05) is 39.1 Å². The number of aryl methyl sites for hydroxylation is 1. The van der Waals surface area contributed by atoms with Crippen LogP contribution in [-0.4, -0.2) is 53.8 Å². The van der Waals surface area contributed by atoms with Gasteiger partial charge in [-0.1, -0.05) is 29.8 Å². The second kappa shape index (κ2) is 10.4. The molecule has 1 aliphatic rings. The van der Waals surface area contributed by atoms with Crippen LogP contribution in [-0.2, 0) is 6.42 Å². The van der Waals surface area contributed by atoms with Gasteiger partial charge in [0.25, 0.3) is 0 Å². The van der Waals surface area contributed by atoms with Gasteiger partial charge in [-0.15, -0.1) is 11.3 Å². The number of para-hydroxylation sites is 1. The fourth-order valence-electron chi connectivity index (χ4n) is 3.61. The Bertz CT molecular complexity index is 970. The van der Waals surface area contributed by atoms with Gasteiger partial charge in [-0.05, 0) is 36.4 Å². The van der Waals surface area contributed by atoms with Crippen LogP contribution in [0.3, 0.4) is 0 Å². The zero-order chi connectivity index (χ0) is 21.5. The molecule has 2 amide bonds. The third-order valence-electron chi connectivity index (χ3n) is 5.31. The number of piperazine rings is 1. The highest BCUT2D eigenvalue weighted by atomic mass is 32.1. The molecule has 0 radical (unpaired) electrons. The fraction of sp³-hybridized carbons (Fsp3) is 0.409. The summed E-state index contributed by atoms with van der Waals surface area (Å²) in [6, 6.07) is 10.7. The fourth-order valence-corrected chi connectivity index (χ4v) is 4.26. The summed E-state index contributed by atoms with van der Waals surface area (Å²) in [5.41, 5.74) is 0.603. The number of urea groups is 1. The van der Waals surface area contributed by atoms with E-state index in [0.29, 0.717) is 50.1 Å². The van der Waals surface area contributed by atoms with Gasteiger partial charge in [-0.3, -0.25) is 0 Å². The van der Waals surface area contributed by atoms with Crippen molar-refractivity contribution in [2.45, 2.75) is 25.7 Å². The van der Waals surface area contributed by atoms with Crippen LogP contribution in [0.4, 0.5) is 14.9 Å². The Balaban J connectivity index is 1.10. The minimum absolute atomic E-state index is 0.0503. The number of amides is 2. The summed E-state index contributed by atoms with van der Waals surface area (Å²) >= 11 is 1.59. The molecule has 1 N–H and O–H groups in total. The summed E-state index contributed by atoms with van der Waals surface area (Å²) in [5, 5.41) is 8.99. The lowest BCUT2D eigenvalue weighted by Crippen LogP contribution is -2.52. The maximum atomic E-state index is 13.9. The smallest absolute Gasteiger partial charge is 0.317 e. The molecule has 0 unspecified atom stereocenters. The van der Waals surface area contributed by atoms with E-state index in [-0.39, 0.29) is 11.8 Å². The number of nitrogens with one attached hydrogen (secondary N) is 1. The Morgan fingerprint density at radius 2 is 1.94 bits per heavy atom. The maximum absolute atomic E-state index is 13.9. The second-order valence-electron chi connectivity index (χ2n) is 7.46. The molecule has 0 atom stereocenters. The first-order chi connectivity index (χ1) is 15.2. The molecule has 1 aromatic carbocycles. The summed E-state index contributed by atoms with van der Waals surface area (Å²) < 4.78 is 19.2. The van der Waals surface area contributed by atoms with Crippen molar-refractivity contribution in [2.24, 2.45) is 0 Å². The molecule has 164 valence electrons. The van der Waals surface area contributed by atoms with Crippen molar-refractivity contribution in [3.8, 4) is 10.7 Å². The predicted molar refractivity (Wildman–Crippen MR) is 119 cm³/mol. The van der Waals surface area contributed by atoms with Crippen molar-refractivity contribution < 1.29 is 13.7 Å². The molecule has 0 aliphatic carbocycles. The summed E-state index contributed by atoms with van der Waals surface area (Å²) in [4.78, 5) is 21.6. The number of rotatable bonds is 8. The van der Waals surface area contributed by atoms with E-state index in [1.54, 1.807) is 28.4 Å². The quantitative estimate of drug-likeness (QED) is 0.529. The number of anilines is 1. The van der Waals surface area contributed by atoms with E-state index in [2.05, 4.69) is 15.5 Å². The lowest BCUT2D eigenvalue weighted by molar-refractivity contribution is 0.194. The molecule has 1 fully saturated rings. The molecule has 1 saturated heterocycles. The molecule has 0 bridgehead atoms. The van der Waals surface area contributed by atoms with Gasteiger partial charge in [0.2, 0.25) is 11.7 Å². The van der Waals surface area contributed by atoms with Gasteiger partial charge in [0.15, 0.2) is 0 Å². The van der Waals surface area contributed by atoms with Crippen molar-refractivity contribution in [3.05, 3.63) is 53.5 Å². The van der Waals surface area contributed by atoms with E-state index in [1.165, 1.54) is 6.07 Å². The first-order valence-corrected chi connectivity index (χ1v) is 11.5. The summed E-state index contributed by atoms with van der Waals surface area (Å²) in [5.74, 6) is 1.08. The normalized spacial score (nSPS) is 14.1. The van der Waals surface area contributed by atoms with Crippen LogP contribution in [0.25, 0.3) is 10.7 Å². The van der Waals surface area contributed by atoms with Crippen molar-refractivity contribution in [2.75, 3.05) is 37.6 Å². The number of hydrogen-bond acceptors (Lipinski definition) is 6. The van der Waals surface area contributed by atoms with E-state index in [1.807, 2.05) is 28.5 Å². The van der Waals surface area contributed by atoms with E-state index < -0.39 is 0 Å². The van der Waals surface area contributed by atoms with Crippen molar-refractivity contribution in [3.63, 3.8) is 0 Å². The highest BCUT2D eigenvalue weighted by Crippen LogP contribution is 2.22. The molecule has 4 rings (SSSR count). The van der Waals surface area contributed by atoms with Crippen LogP contribution in [0.2, 0.25) is 0 Å². The van der Waals surface area contributed by atoms with Crippen molar-refractivity contribution in [1.29, 1.82) is 0 Å². The number of hydrogen-bond donors (Lipinski definition) is 1. The zero-order valence-corrected chi connectivity index (χ0v) is 18.1. The topological polar surface area (TPSA) is 74.5 Å². The maximum Gasteiger partial charge on any atom is 0.317 e. The van der Waals surface area contributed by atoms with E-state index in [4.69, 9.17) is 4.52 Å². The molecule has 0 saturated carbocycles. The number of halogens is 1. The molecule has 31 heavy (non-hydrogen) atoms. The van der Waals surface area contributed by atoms with Gasteiger partial charge in [0.05, 0.1) is 10.6 Å². The molecule has 9 heteroatoms. The van der Waals surface area contributed by atoms with Gasteiger partial charge >= 0.3 is 6.03 Å². The van der Waals surface area contributed by atoms with Gasteiger partial charge in [-0.25, -0.2) is 9.18 Å². The molecule has 7 nitrogen and oxygen atoms in total. The molecule has 2 aromatic heterocycles. The highest BCUT2D eigenvalue weighted by molar-refractivity contribution is 7.13. The lowest BCUT2D eigenvalue weighted by Gasteiger charge is -2.36. The van der Waals surface area contributed by atoms with Crippen LogP contribution >= 0.6 is 11.3 Å². The second-order valence-corrected chi connectivity index (χ2v) is 8.40. The Kier molecular flexibility index (Phi) is 7.14. The Labute approximate surface area is 184 Å². The van der Waals surface area contributed by atoms with Crippen LogP contribution in [0.15, 0.2) is 46.3 Å². The summed E-state index contributed by atoms with van der Waals surface area (Å²) in [6.07, 6.45) is 3.54. The summed E-state index contributed by atoms with van der Waals surface area (Å²) in [6.45, 7) is 3.07.